The Bertz CT molecular complexity index is 403. The summed E-state index contributed by atoms with van der Waals surface area (Å²) in [5.74, 6) is 0. The molecule has 2 N–H and O–H groups in total. The lowest BCUT2D eigenvalue weighted by Crippen LogP contribution is -2.26. The molecule has 86 valence electrons. The van der Waals surface area contributed by atoms with Gasteiger partial charge in [-0.3, -0.25) is 0 Å². The molecule has 1 aromatic carbocycles. The highest BCUT2D eigenvalue weighted by atomic mass is 32.1. The lowest BCUT2D eigenvalue weighted by molar-refractivity contribution is 0.628. The van der Waals surface area contributed by atoms with Crippen molar-refractivity contribution in [2.24, 2.45) is 0 Å². The molecule has 0 atom stereocenters. The third-order valence-electron chi connectivity index (χ3n) is 2.50. The molecule has 2 rings (SSSR count). The van der Waals surface area contributed by atoms with Crippen molar-refractivity contribution in [1.29, 1.82) is 0 Å². The summed E-state index contributed by atoms with van der Waals surface area (Å²) in [6, 6.07) is 10.8. The number of thiophene rings is 1. The molecule has 0 spiro atoms. The van der Waals surface area contributed by atoms with Crippen molar-refractivity contribution in [2.75, 3.05) is 19.6 Å². The molecule has 16 heavy (non-hydrogen) atoms. The molecule has 0 unspecified atom stereocenters. The van der Waals surface area contributed by atoms with Crippen LogP contribution in [0.5, 0.6) is 0 Å². The van der Waals surface area contributed by atoms with Gasteiger partial charge in [-0.15, -0.1) is 11.3 Å². The van der Waals surface area contributed by atoms with Crippen LogP contribution in [-0.4, -0.2) is 19.6 Å². The van der Waals surface area contributed by atoms with Crippen molar-refractivity contribution < 1.29 is 0 Å². The zero-order valence-electron chi connectivity index (χ0n) is 9.62. The SMILES string of the molecule is CCNCCNCc1cc2ccccc2s1. The van der Waals surface area contributed by atoms with E-state index >= 15 is 0 Å². The molecule has 0 amide bonds. The highest BCUT2D eigenvalue weighted by molar-refractivity contribution is 7.19. The Labute approximate surface area is 101 Å². The highest BCUT2D eigenvalue weighted by Crippen LogP contribution is 2.24. The fourth-order valence-corrected chi connectivity index (χ4v) is 2.72. The Morgan fingerprint density at radius 2 is 1.94 bits per heavy atom. The first kappa shape index (κ1) is 11.6. The van der Waals surface area contributed by atoms with Gasteiger partial charge in [0.15, 0.2) is 0 Å². The van der Waals surface area contributed by atoms with Crippen LogP contribution in [0.25, 0.3) is 10.1 Å². The van der Waals surface area contributed by atoms with Crippen LogP contribution in [0.4, 0.5) is 0 Å². The first-order chi connectivity index (χ1) is 7.90. The maximum Gasteiger partial charge on any atom is 0.0346 e. The smallest absolute Gasteiger partial charge is 0.0346 e. The third-order valence-corrected chi connectivity index (χ3v) is 3.62. The van der Waals surface area contributed by atoms with E-state index in [-0.39, 0.29) is 0 Å². The molecule has 0 fully saturated rings. The second-order valence-corrected chi connectivity index (χ2v) is 4.95. The van der Waals surface area contributed by atoms with Crippen LogP contribution in [-0.2, 0) is 6.54 Å². The van der Waals surface area contributed by atoms with Crippen LogP contribution in [0.1, 0.15) is 11.8 Å². The predicted molar refractivity (Wildman–Crippen MR) is 72.1 cm³/mol. The number of hydrogen-bond acceptors (Lipinski definition) is 3. The first-order valence-corrected chi connectivity index (χ1v) is 6.60. The zero-order chi connectivity index (χ0) is 11.2. The molecule has 1 aromatic heterocycles. The molecule has 0 radical (unpaired) electrons. The van der Waals surface area contributed by atoms with Gasteiger partial charge in [-0.25, -0.2) is 0 Å². The normalized spacial score (nSPS) is 11.1. The largest absolute Gasteiger partial charge is 0.316 e. The Balaban J connectivity index is 1.85. The average Bonchev–Trinajstić information content (AvgIpc) is 2.71. The zero-order valence-corrected chi connectivity index (χ0v) is 10.4. The van der Waals surface area contributed by atoms with Crippen LogP contribution in [0.2, 0.25) is 0 Å². The summed E-state index contributed by atoms with van der Waals surface area (Å²) in [6.45, 7) is 6.23. The van der Waals surface area contributed by atoms with Gasteiger partial charge in [0.1, 0.15) is 0 Å². The maximum atomic E-state index is 3.45. The van der Waals surface area contributed by atoms with Gasteiger partial charge in [-0.05, 0) is 24.1 Å². The van der Waals surface area contributed by atoms with Crippen LogP contribution >= 0.6 is 11.3 Å². The van der Waals surface area contributed by atoms with E-state index in [2.05, 4.69) is 47.9 Å². The van der Waals surface area contributed by atoms with Gasteiger partial charge in [0.05, 0.1) is 0 Å². The molecule has 3 heteroatoms. The summed E-state index contributed by atoms with van der Waals surface area (Å²) in [5.41, 5.74) is 0. The van der Waals surface area contributed by atoms with E-state index in [1.165, 1.54) is 15.0 Å². The molecular formula is C13H18N2S. The summed E-state index contributed by atoms with van der Waals surface area (Å²) >= 11 is 1.88. The second-order valence-electron chi connectivity index (χ2n) is 3.78. The molecule has 2 aromatic rings. The molecule has 2 nitrogen and oxygen atoms in total. The summed E-state index contributed by atoms with van der Waals surface area (Å²) in [4.78, 5) is 1.41. The van der Waals surface area contributed by atoms with E-state index in [4.69, 9.17) is 0 Å². The molecule has 0 aliphatic rings. The van der Waals surface area contributed by atoms with Gasteiger partial charge in [0, 0.05) is 29.2 Å². The van der Waals surface area contributed by atoms with E-state index in [9.17, 15) is 0 Å². The van der Waals surface area contributed by atoms with Crippen molar-refractivity contribution in [3.05, 3.63) is 35.2 Å². The van der Waals surface area contributed by atoms with E-state index in [0.717, 1.165) is 26.2 Å². The number of nitrogens with one attached hydrogen (secondary N) is 2. The van der Waals surface area contributed by atoms with Gasteiger partial charge in [0.2, 0.25) is 0 Å². The van der Waals surface area contributed by atoms with E-state index in [1.54, 1.807) is 0 Å². The van der Waals surface area contributed by atoms with E-state index < -0.39 is 0 Å². The van der Waals surface area contributed by atoms with Crippen molar-refractivity contribution in [1.82, 2.24) is 10.6 Å². The minimum atomic E-state index is 0.977. The van der Waals surface area contributed by atoms with Crippen LogP contribution in [0.3, 0.4) is 0 Å². The fraction of sp³-hybridized carbons (Fsp3) is 0.385. The minimum Gasteiger partial charge on any atom is -0.316 e. The number of likely N-dealkylation sites (N-methyl/N-ethyl adjacent to an activating group) is 1. The van der Waals surface area contributed by atoms with Crippen molar-refractivity contribution in [2.45, 2.75) is 13.5 Å². The quantitative estimate of drug-likeness (QED) is 0.751. The summed E-state index contributed by atoms with van der Waals surface area (Å²) in [5, 5.41) is 8.10. The standard InChI is InChI=1S/C13H18N2S/c1-2-14-7-8-15-10-12-9-11-5-3-4-6-13(11)16-12/h3-6,9,14-15H,2,7-8,10H2,1H3. The monoisotopic (exact) mass is 234 g/mol. The Hall–Kier alpha value is -0.900. The summed E-state index contributed by atoms with van der Waals surface area (Å²) in [6.07, 6.45) is 0. The number of hydrogen-bond donors (Lipinski definition) is 2. The molecule has 0 aliphatic carbocycles. The molecule has 0 aliphatic heterocycles. The fourth-order valence-electron chi connectivity index (χ4n) is 1.69. The number of benzene rings is 1. The number of rotatable bonds is 6. The minimum absolute atomic E-state index is 0.977. The van der Waals surface area contributed by atoms with Gasteiger partial charge in [-0.2, -0.15) is 0 Å². The van der Waals surface area contributed by atoms with Crippen LogP contribution in [0.15, 0.2) is 30.3 Å². The molecule has 1 heterocycles. The molecular weight excluding hydrogens is 216 g/mol. The van der Waals surface area contributed by atoms with Crippen molar-refractivity contribution >= 4 is 21.4 Å². The van der Waals surface area contributed by atoms with Crippen LogP contribution in [0, 0.1) is 0 Å². The maximum absolute atomic E-state index is 3.45. The Morgan fingerprint density at radius 3 is 2.75 bits per heavy atom. The highest BCUT2D eigenvalue weighted by Gasteiger charge is 1.99. The summed E-state index contributed by atoms with van der Waals surface area (Å²) < 4.78 is 1.38. The van der Waals surface area contributed by atoms with Gasteiger partial charge < -0.3 is 10.6 Å². The van der Waals surface area contributed by atoms with Gasteiger partial charge in [-0.1, -0.05) is 25.1 Å². The Kier molecular flexibility index (Phi) is 4.34. The number of fused-ring (bicyclic) bond motifs is 1. The van der Waals surface area contributed by atoms with Gasteiger partial charge in [0.25, 0.3) is 0 Å². The molecule has 0 saturated heterocycles. The van der Waals surface area contributed by atoms with E-state index in [0.29, 0.717) is 0 Å². The molecule has 0 bridgehead atoms. The molecule has 0 saturated carbocycles. The van der Waals surface area contributed by atoms with Crippen molar-refractivity contribution in [3.8, 4) is 0 Å². The second kappa shape index (κ2) is 5.99. The Morgan fingerprint density at radius 1 is 1.12 bits per heavy atom. The van der Waals surface area contributed by atoms with E-state index in [1.807, 2.05) is 11.3 Å². The first-order valence-electron chi connectivity index (χ1n) is 5.79. The predicted octanol–water partition coefficient (Wildman–Crippen LogP) is 2.60. The summed E-state index contributed by atoms with van der Waals surface area (Å²) in [7, 11) is 0. The lowest BCUT2D eigenvalue weighted by atomic mass is 10.2. The average molecular weight is 234 g/mol. The lowest BCUT2D eigenvalue weighted by Gasteiger charge is -2.02. The topological polar surface area (TPSA) is 24.1 Å². The van der Waals surface area contributed by atoms with Crippen LogP contribution < -0.4 is 10.6 Å². The van der Waals surface area contributed by atoms with Gasteiger partial charge >= 0.3 is 0 Å². The van der Waals surface area contributed by atoms with Crippen molar-refractivity contribution in [3.63, 3.8) is 0 Å². The third kappa shape index (κ3) is 3.04.